The van der Waals surface area contributed by atoms with Crippen molar-refractivity contribution in [2.45, 2.75) is 10.6 Å². The lowest BCUT2D eigenvalue weighted by Gasteiger charge is -2.46. The Kier molecular flexibility index (Phi) is 2.00. The number of halogens is 10. The Bertz CT molecular complexity index is 216. The summed E-state index contributed by atoms with van der Waals surface area (Å²) in [5, 5.41) is -13.9. The summed E-state index contributed by atoms with van der Waals surface area (Å²) in [6.45, 7) is 0. The van der Waals surface area contributed by atoms with Crippen LogP contribution in [0.25, 0.3) is 0 Å². The van der Waals surface area contributed by atoms with Crippen LogP contribution in [0.15, 0.2) is 0 Å². The fourth-order valence-corrected chi connectivity index (χ4v) is 1.09. The Balaban J connectivity index is 5.60. The molecule has 0 nitrogen and oxygen atoms in total. The van der Waals surface area contributed by atoms with Crippen LogP contribution >= 0.6 is 21.8 Å². The van der Waals surface area contributed by atoms with Gasteiger partial charge in [-0.25, -0.2) is 0 Å². The van der Waals surface area contributed by atoms with Crippen molar-refractivity contribution in [1.82, 2.24) is 0 Å². The molecule has 0 atom stereocenters. The van der Waals surface area contributed by atoms with Gasteiger partial charge in [0.1, 0.15) is 0 Å². The minimum atomic E-state index is -11.6. The van der Waals surface area contributed by atoms with Gasteiger partial charge < -0.3 is 0 Å². The monoisotopic (exact) mass is 262 g/mol. The number of rotatable bonds is 2. The molecule has 0 fully saturated rings. The zero-order chi connectivity index (χ0) is 11.4. The van der Waals surface area contributed by atoms with E-state index in [2.05, 4.69) is 11.6 Å². The molecule has 0 aliphatic carbocycles. The number of hydrogen-bond donors (Lipinski definition) is 0. The Labute approximate surface area is 70.4 Å². The van der Waals surface area contributed by atoms with Crippen LogP contribution in [0.4, 0.5) is 37.0 Å². The van der Waals surface area contributed by atoms with E-state index >= 15 is 0 Å². The molecule has 0 aromatic heterocycles. The van der Waals surface area contributed by atoms with Gasteiger partial charge in [-0.05, 0) is 11.6 Å². The van der Waals surface area contributed by atoms with Crippen molar-refractivity contribution >= 4 is 21.8 Å². The van der Waals surface area contributed by atoms with Gasteiger partial charge in [0, 0.05) is 0 Å². The highest BCUT2D eigenvalue weighted by Gasteiger charge is 2.91. The van der Waals surface area contributed by atoms with E-state index in [4.69, 9.17) is 0 Å². The van der Waals surface area contributed by atoms with Crippen molar-refractivity contribution in [1.29, 1.82) is 0 Å². The predicted molar refractivity (Wildman–Crippen MR) is 28.9 cm³/mol. The van der Waals surface area contributed by atoms with E-state index in [1.54, 1.807) is 0 Å². The largest absolute Gasteiger partial charge is 0.458 e. The highest BCUT2D eigenvalue weighted by atomic mass is 35.5. The van der Waals surface area contributed by atoms with Crippen LogP contribution in [-0.2, 0) is 0 Å². The summed E-state index contributed by atoms with van der Waals surface area (Å²) in [5.74, 6) is 0. The van der Waals surface area contributed by atoms with Crippen molar-refractivity contribution < 1.29 is 37.0 Å². The topological polar surface area (TPSA) is 0 Å². The molecule has 11 heteroatoms. The first-order valence-corrected chi connectivity index (χ1v) is 4.50. The highest BCUT2D eigenvalue weighted by Crippen LogP contribution is 3.05. The van der Waals surface area contributed by atoms with Gasteiger partial charge >= 0.3 is 20.9 Å². The molecule has 0 heterocycles. The standard InChI is InChI=1S/C2ClF9S/c3-1(4,5)2(6,7)13(8,9,10,11)12. The molecular formula is C2ClF9S. The summed E-state index contributed by atoms with van der Waals surface area (Å²) in [5.41, 5.74) is 0. The van der Waals surface area contributed by atoms with Crippen LogP contribution in [0.2, 0.25) is 0 Å². The molecule has 13 heavy (non-hydrogen) atoms. The van der Waals surface area contributed by atoms with Gasteiger partial charge in [0.15, 0.2) is 0 Å². The molecule has 0 saturated carbocycles. The second kappa shape index (κ2) is 2.00. The average molecular weight is 263 g/mol. The van der Waals surface area contributed by atoms with Gasteiger partial charge in [-0.15, -0.1) is 0 Å². The Hall–Kier alpha value is 0.01000. The van der Waals surface area contributed by atoms with Gasteiger partial charge in [-0.2, -0.15) is 17.6 Å². The lowest BCUT2D eigenvalue weighted by Crippen LogP contribution is -2.45. The number of hydrogen-bond acceptors (Lipinski definition) is 0. The highest BCUT2D eigenvalue weighted by molar-refractivity contribution is 8.46. The van der Waals surface area contributed by atoms with Crippen LogP contribution in [-0.4, -0.2) is 10.6 Å². The van der Waals surface area contributed by atoms with Crippen molar-refractivity contribution in [3.8, 4) is 0 Å². The molecule has 84 valence electrons. The zero-order valence-corrected chi connectivity index (χ0v) is 6.76. The summed E-state index contributed by atoms with van der Waals surface area (Å²) < 4.78 is 102. The first-order valence-electron chi connectivity index (χ1n) is 2.17. The number of alkyl halides is 5. The maximum atomic E-state index is 11.5. The second-order valence-corrected chi connectivity index (χ2v) is 4.91. The summed E-state index contributed by atoms with van der Waals surface area (Å²) >= 11 is 3.23. The van der Waals surface area contributed by atoms with Crippen LogP contribution in [0.3, 0.4) is 0 Å². The van der Waals surface area contributed by atoms with E-state index in [-0.39, 0.29) is 0 Å². The summed E-state index contributed by atoms with van der Waals surface area (Å²) in [6, 6.07) is 0. The van der Waals surface area contributed by atoms with Gasteiger partial charge in [0.05, 0.1) is 0 Å². The van der Waals surface area contributed by atoms with Crippen molar-refractivity contribution in [2.24, 2.45) is 0 Å². The third-order valence-electron chi connectivity index (χ3n) is 0.814. The lowest BCUT2D eigenvalue weighted by molar-refractivity contribution is -0.119. The molecule has 0 unspecified atom stereocenters. The van der Waals surface area contributed by atoms with Gasteiger partial charge in [0.2, 0.25) is 0 Å². The minimum absolute atomic E-state index is 3.23. The zero-order valence-electron chi connectivity index (χ0n) is 5.19. The Morgan fingerprint density at radius 2 is 1.00 bits per heavy atom. The SMILES string of the molecule is FC(F)(Cl)C(F)(F)S(F)(F)(F)(F)F. The predicted octanol–water partition coefficient (Wildman–Crippen LogP) is 4.71. The van der Waals surface area contributed by atoms with Crippen molar-refractivity contribution in [2.75, 3.05) is 0 Å². The third kappa shape index (κ3) is 2.09. The normalized spacial score (nSPS) is 20.8. The Morgan fingerprint density at radius 3 is 1.00 bits per heavy atom. The van der Waals surface area contributed by atoms with E-state index < -0.39 is 20.9 Å². The van der Waals surface area contributed by atoms with Gasteiger partial charge in [-0.1, -0.05) is 19.4 Å². The molecule has 0 aliphatic rings. The van der Waals surface area contributed by atoms with Crippen molar-refractivity contribution in [3.05, 3.63) is 0 Å². The fraction of sp³-hybridized carbons (Fsp3) is 1.00. The third-order valence-corrected chi connectivity index (χ3v) is 2.39. The second-order valence-electron chi connectivity index (χ2n) is 1.98. The molecule has 0 aromatic carbocycles. The lowest BCUT2D eigenvalue weighted by atomic mass is 10.7. The van der Waals surface area contributed by atoms with Crippen molar-refractivity contribution in [3.63, 3.8) is 0 Å². The van der Waals surface area contributed by atoms with Crippen LogP contribution in [0, 0.1) is 0 Å². The summed E-state index contributed by atoms with van der Waals surface area (Å²) in [4.78, 5) is 0. The molecule has 0 aliphatic heterocycles. The molecule has 0 spiro atoms. The van der Waals surface area contributed by atoms with Gasteiger partial charge in [0.25, 0.3) is 0 Å². The molecular weight excluding hydrogens is 263 g/mol. The van der Waals surface area contributed by atoms with Crippen LogP contribution in [0.1, 0.15) is 0 Å². The van der Waals surface area contributed by atoms with E-state index in [1.807, 2.05) is 0 Å². The average Bonchev–Trinajstić information content (AvgIpc) is 1.52. The summed E-state index contributed by atoms with van der Waals surface area (Å²) in [6.07, 6.45) is 0. The first kappa shape index (κ1) is 13.0. The quantitative estimate of drug-likeness (QED) is 0.499. The molecule has 0 saturated heterocycles. The van der Waals surface area contributed by atoms with Crippen LogP contribution < -0.4 is 0 Å². The minimum Gasteiger partial charge on any atom is -0.180 e. The molecule has 0 rings (SSSR count). The fourth-order valence-electron chi connectivity index (χ4n) is 0.219. The van der Waals surface area contributed by atoms with E-state index in [9.17, 15) is 37.0 Å². The summed E-state index contributed by atoms with van der Waals surface area (Å²) in [7, 11) is -11.6. The molecule has 0 aromatic rings. The van der Waals surface area contributed by atoms with E-state index in [0.717, 1.165) is 0 Å². The molecule has 0 radical (unpaired) electrons. The maximum Gasteiger partial charge on any atom is 0.458 e. The first-order chi connectivity index (χ1) is 5.00. The van der Waals surface area contributed by atoms with Gasteiger partial charge in [-0.3, -0.25) is 0 Å². The molecule has 0 N–H and O–H groups in total. The van der Waals surface area contributed by atoms with Crippen LogP contribution in [0.5, 0.6) is 0 Å². The van der Waals surface area contributed by atoms with E-state index in [1.165, 1.54) is 0 Å². The maximum absolute atomic E-state index is 11.6. The smallest absolute Gasteiger partial charge is 0.180 e. The molecule has 0 bridgehead atoms. The molecule has 0 amide bonds. The van der Waals surface area contributed by atoms with E-state index in [0.29, 0.717) is 0 Å². The Morgan fingerprint density at radius 1 is 0.769 bits per heavy atom.